The van der Waals surface area contributed by atoms with Crippen LogP contribution in [0.25, 0.3) is 10.3 Å². The minimum atomic E-state index is -0.498. The van der Waals surface area contributed by atoms with E-state index in [1.54, 1.807) is 12.3 Å². The number of fused-ring (bicyclic) bond motifs is 2. The SMILES string of the molecule is CC(C)(C)C1CCc2nc3sc(C(=O)N[C@H](CCN4CCC(O)CC4)c4ccc(N5CC(=O)NC5=O)nc4)nc3cc2C1. The molecule has 5 heterocycles. The maximum absolute atomic E-state index is 13.6. The van der Waals surface area contributed by atoms with Crippen molar-refractivity contribution in [3.05, 3.63) is 46.2 Å². The number of likely N-dealkylation sites (tertiary alicyclic amines) is 1. The lowest BCUT2D eigenvalue weighted by Crippen LogP contribution is -2.38. The van der Waals surface area contributed by atoms with Crippen LogP contribution in [0.3, 0.4) is 0 Å². The van der Waals surface area contributed by atoms with Gasteiger partial charge in [0.15, 0.2) is 5.01 Å². The zero-order valence-corrected chi connectivity index (χ0v) is 25.7. The predicted molar refractivity (Wildman–Crippen MR) is 164 cm³/mol. The quantitative estimate of drug-likeness (QED) is 0.347. The smallest absolute Gasteiger partial charge is 0.330 e. The van der Waals surface area contributed by atoms with E-state index in [4.69, 9.17) is 9.97 Å². The molecule has 0 spiro atoms. The largest absolute Gasteiger partial charge is 0.393 e. The van der Waals surface area contributed by atoms with Crippen LogP contribution < -0.4 is 15.5 Å². The number of aromatic nitrogens is 3. The van der Waals surface area contributed by atoms with Gasteiger partial charge in [0.1, 0.15) is 22.7 Å². The second kappa shape index (κ2) is 11.9. The fourth-order valence-electron chi connectivity index (χ4n) is 6.24. The van der Waals surface area contributed by atoms with E-state index >= 15 is 0 Å². The number of rotatable bonds is 7. The minimum Gasteiger partial charge on any atom is -0.393 e. The molecule has 2 saturated heterocycles. The molecular weight excluding hydrogens is 566 g/mol. The van der Waals surface area contributed by atoms with Crippen LogP contribution in [0.4, 0.5) is 10.6 Å². The van der Waals surface area contributed by atoms with Crippen molar-refractivity contribution in [1.82, 2.24) is 30.5 Å². The van der Waals surface area contributed by atoms with Gasteiger partial charge in [0.25, 0.3) is 5.91 Å². The molecule has 228 valence electrons. The summed E-state index contributed by atoms with van der Waals surface area (Å²) in [5, 5.41) is 15.7. The lowest BCUT2D eigenvalue weighted by molar-refractivity contribution is -0.117. The lowest BCUT2D eigenvalue weighted by atomic mass is 9.71. The van der Waals surface area contributed by atoms with E-state index in [0.717, 1.165) is 73.3 Å². The normalized spacial score (nSPS) is 20.7. The summed E-state index contributed by atoms with van der Waals surface area (Å²) in [5.41, 5.74) is 4.14. The molecule has 0 radical (unpaired) electrons. The van der Waals surface area contributed by atoms with Gasteiger partial charge in [-0.15, -0.1) is 0 Å². The lowest BCUT2D eigenvalue weighted by Gasteiger charge is -2.34. The predicted octanol–water partition coefficient (Wildman–Crippen LogP) is 3.61. The van der Waals surface area contributed by atoms with Crippen LogP contribution in [0.15, 0.2) is 24.4 Å². The summed E-state index contributed by atoms with van der Waals surface area (Å²) >= 11 is 1.32. The second-order valence-corrected chi connectivity index (χ2v) is 14.0. The molecule has 43 heavy (non-hydrogen) atoms. The first kappa shape index (κ1) is 29.6. The summed E-state index contributed by atoms with van der Waals surface area (Å²) in [5.74, 6) is 0.330. The average Bonchev–Trinajstić information content (AvgIpc) is 3.55. The molecular formula is C31H39N7O4S. The molecule has 2 aliphatic heterocycles. The minimum absolute atomic E-state index is 0.0713. The average molecular weight is 606 g/mol. The van der Waals surface area contributed by atoms with Crippen molar-refractivity contribution >= 4 is 45.3 Å². The van der Waals surface area contributed by atoms with Gasteiger partial charge in [-0.2, -0.15) is 0 Å². The van der Waals surface area contributed by atoms with Crippen LogP contribution >= 0.6 is 11.3 Å². The van der Waals surface area contributed by atoms with Crippen molar-refractivity contribution < 1.29 is 19.5 Å². The van der Waals surface area contributed by atoms with Gasteiger partial charge in [-0.05, 0) is 73.1 Å². The Morgan fingerprint density at radius 1 is 1.19 bits per heavy atom. The Labute approximate surface area is 255 Å². The van der Waals surface area contributed by atoms with Crippen molar-refractivity contribution in [1.29, 1.82) is 0 Å². The number of hydrogen-bond acceptors (Lipinski definition) is 9. The molecule has 1 unspecified atom stereocenters. The van der Waals surface area contributed by atoms with Crippen molar-refractivity contribution in [3.63, 3.8) is 0 Å². The Hall–Kier alpha value is -3.48. The number of carbonyl (C=O) groups is 3. The fraction of sp³-hybridized carbons (Fsp3) is 0.548. The number of aryl methyl sites for hydroxylation is 1. The number of nitrogens with one attached hydrogen (secondary N) is 2. The van der Waals surface area contributed by atoms with Gasteiger partial charge in [-0.25, -0.2) is 19.7 Å². The van der Waals surface area contributed by atoms with Crippen LogP contribution in [0.5, 0.6) is 0 Å². The highest BCUT2D eigenvalue weighted by molar-refractivity contribution is 7.19. The molecule has 0 aromatic carbocycles. The number of anilines is 1. The molecule has 0 bridgehead atoms. The molecule has 1 aliphatic carbocycles. The summed E-state index contributed by atoms with van der Waals surface area (Å²) in [4.78, 5) is 55.7. The van der Waals surface area contributed by atoms with Gasteiger partial charge >= 0.3 is 6.03 Å². The van der Waals surface area contributed by atoms with Crippen LogP contribution in [0.1, 0.15) is 79.1 Å². The standard InChI is InChI=1S/C31H39N7O4S/c1-31(2,3)20-5-6-22-19(14-20)15-24-28(34-22)43-29(35-24)27(41)33-23(10-13-37-11-8-21(39)9-12-37)18-4-7-25(32-16-18)38-17-26(40)36-30(38)42/h4,7,15-16,20-21,23,39H,5-6,8-14,17H2,1-3H3,(H,33,41)(H,36,40,42)/t20?,23-/m1/s1. The molecule has 4 amide bonds. The summed E-state index contributed by atoms with van der Waals surface area (Å²) < 4.78 is 0. The third-order valence-electron chi connectivity index (χ3n) is 9.01. The topological polar surface area (TPSA) is 141 Å². The Kier molecular flexibility index (Phi) is 8.18. The highest BCUT2D eigenvalue weighted by Gasteiger charge is 2.31. The van der Waals surface area contributed by atoms with Crippen molar-refractivity contribution in [2.24, 2.45) is 11.3 Å². The monoisotopic (exact) mass is 605 g/mol. The Morgan fingerprint density at radius 2 is 1.98 bits per heavy atom. The number of pyridine rings is 2. The summed E-state index contributed by atoms with van der Waals surface area (Å²) in [6.07, 6.45) is 6.55. The van der Waals surface area contributed by atoms with Gasteiger partial charge in [-0.1, -0.05) is 38.2 Å². The van der Waals surface area contributed by atoms with E-state index in [1.807, 2.05) is 6.07 Å². The molecule has 6 rings (SSSR count). The summed E-state index contributed by atoms with van der Waals surface area (Å²) in [6, 6.07) is 4.80. The zero-order chi connectivity index (χ0) is 30.3. The molecule has 2 fully saturated rings. The molecule has 2 atom stereocenters. The number of aliphatic hydroxyl groups excluding tert-OH is 1. The second-order valence-electron chi connectivity index (χ2n) is 13.0. The van der Waals surface area contributed by atoms with Crippen LogP contribution in [0.2, 0.25) is 0 Å². The first-order chi connectivity index (χ1) is 20.5. The Morgan fingerprint density at radius 3 is 2.65 bits per heavy atom. The van der Waals surface area contributed by atoms with Crippen LogP contribution in [-0.2, 0) is 17.6 Å². The number of imide groups is 1. The van der Waals surface area contributed by atoms with Crippen LogP contribution in [-0.4, -0.2) is 75.1 Å². The highest BCUT2D eigenvalue weighted by atomic mass is 32.1. The first-order valence-electron chi connectivity index (χ1n) is 15.1. The first-order valence-corrected chi connectivity index (χ1v) is 15.9. The number of nitrogens with zero attached hydrogens (tertiary/aromatic N) is 5. The van der Waals surface area contributed by atoms with Crippen molar-refractivity contribution in [3.8, 4) is 0 Å². The molecule has 3 aromatic heterocycles. The Bertz CT molecular complexity index is 1530. The van der Waals surface area contributed by atoms with Gasteiger partial charge in [0.05, 0.1) is 12.1 Å². The number of carbonyl (C=O) groups excluding carboxylic acids is 3. The van der Waals surface area contributed by atoms with E-state index in [-0.39, 0.29) is 35.9 Å². The maximum atomic E-state index is 13.6. The van der Waals surface area contributed by atoms with E-state index in [0.29, 0.717) is 23.2 Å². The van der Waals surface area contributed by atoms with Crippen molar-refractivity contribution in [2.75, 3.05) is 31.1 Å². The summed E-state index contributed by atoms with van der Waals surface area (Å²) in [6.45, 7) is 9.15. The molecule has 3 N–H and O–H groups in total. The highest BCUT2D eigenvalue weighted by Crippen LogP contribution is 2.38. The molecule has 11 nitrogen and oxygen atoms in total. The number of urea groups is 1. The molecule has 0 saturated carbocycles. The van der Waals surface area contributed by atoms with Crippen molar-refractivity contribution in [2.45, 2.75) is 71.4 Å². The van der Waals surface area contributed by atoms with Crippen LogP contribution in [0, 0.1) is 11.3 Å². The number of hydrogen-bond donors (Lipinski definition) is 3. The number of piperidine rings is 1. The Balaban J connectivity index is 1.20. The fourth-order valence-corrected chi connectivity index (χ4v) is 7.08. The third kappa shape index (κ3) is 6.56. The molecule has 3 aromatic rings. The third-order valence-corrected chi connectivity index (χ3v) is 9.97. The zero-order valence-electron chi connectivity index (χ0n) is 24.9. The number of aliphatic hydroxyl groups is 1. The molecule has 12 heteroatoms. The number of thiazole rings is 1. The number of amides is 4. The van der Waals surface area contributed by atoms with Gasteiger partial charge in [0, 0.05) is 31.5 Å². The van der Waals surface area contributed by atoms with Gasteiger partial charge in [0.2, 0.25) is 5.91 Å². The maximum Gasteiger partial charge on any atom is 0.330 e. The van der Waals surface area contributed by atoms with Gasteiger partial charge < -0.3 is 15.3 Å². The van der Waals surface area contributed by atoms with E-state index < -0.39 is 6.03 Å². The summed E-state index contributed by atoms with van der Waals surface area (Å²) in [7, 11) is 0. The van der Waals surface area contributed by atoms with Gasteiger partial charge in [-0.3, -0.25) is 19.8 Å². The van der Waals surface area contributed by atoms with E-state index in [9.17, 15) is 19.5 Å². The van der Waals surface area contributed by atoms with E-state index in [2.05, 4.69) is 47.4 Å². The molecule has 3 aliphatic rings. The van der Waals surface area contributed by atoms with E-state index in [1.165, 1.54) is 21.8 Å².